The van der Waals surface area contributed by atoms with Gasteiger partial charge in [0.2, 0.25) is 5.91 Å². The number of anilines is 1. The first kappa shape index (κ1) is 16.8. The summed E-state index contributed by atoms with van der Waals surface area (Å²) in [6, 6.07) is 6.16. The SMILES string of the molecule is COCC(N)C(=O)Nc1ccnn1Cc1ccc(Cl)cc1Cl. The fourth-order valence-corrected chi connectivity index (χ4v) is 2.32. The first-order valence-corrected chi connectivity index (χ1v) is 7.28. The first-order valence-electron chi connectivity index (χ1n) is 6.52. The molecule has 0 spiro atoms. The van der Waals surface area contributed by atoms with Gasteiger partial charge in [-0.3, -0.25) is 4.79 Å². The number of hydrogen-bond acceptors (Lipinski definition) is 4. The Morgan fingerprint density at radius 2 is 2.23 bits per heavy atom. The van der Waals surface area contributed by atoms with Crippen LogP contribution < -0.4 is 11.1 Å². The molecule has 118 valence electrons. The lowest BCUT2D eigenvalue weighted by Crippen LogP contribution is -2.39. The predicted octanol–water partition coefficient (Wildman–Crippen LogP) is 2.15. The van der Waals surface area contributed by atoms with E-state index in [0.717, 1.165) is 5.56 Å². The lowest BCUT2D eigenvalue weighted by Gasteiger charge is -2.13. The third-order valence-corrected chi connectivity index (χ3v) is 3.57. The Morgan fingerprint density at radius 1 is 1.45 bits per heavy atom. The summed E-state index contributed by atoms with van der Waals surface area (Å²) in [4.78, 5) is 11.9. The quantitative estimate of drug-likeness (QED) is 0.842. The van der Waals surface area contributed by atoms with Gasteiger partial charge in [-0.25, -0.2) is 4.68 Å². The molecule has 6 nitrogen and oxygen atoms in total. The highest BCUT2D eigenvalue weighted by Gasteiger charge is 2.15. The van der Waals surface area contributed by atoms with Crippen LogP contribution in [0.3, 0.4) is 0 Å². The Bertz CT molecular complexity index is 660. The van der Waals surface area contributed by atoms with E-state index in [9.17, 15) is 4.79 Å². The van der Waals surface area contributed by atoms with Gasteiger partial charge in [-0.15, -0.1) is 0 Å². The van der Waals surface area contributed by atoms with E-state index >= 15 is 0 Å². The van der Waals surface area contributed by atoms with Crippen molar-refractivity contribution in [2.45, 2.75) is 12.6 Å². The van der Waals surface area contributed by atoms with E-state index in [0.29, 0.717) is 22.4 Å². The van der Waals surface area contributed by atoms with E-state index in [-0.39, 0.29) is 12.5 Å². The van der Waals surface area contributed by atoms with Crippen molar-refractivity contribution in [1.29, 1.82) is 0 Å². The van der Waals surface area contributed by atoms with Gasteiger partial charge >= 0.3 is 0 Å². The van der Waals surface area contributed by atoms with Gasteiger partial charge in [-0.2, -0.15) is 5.10 Å². The molecule has 2 rings (SSSR count). The molecule has 1 aromatic carbocycles. The van der Waals surface area contributed by atoms with E-state index in [1.54, 1.807) is 29.1 Å². The predicted molar refractivity (Wildman–Crippen MR) is 86.3 cm³/mol. The van der Waals surface area contributed by atoms with Crippen molar-refractivity contribution in [1.82, 2.24) is 9.78 Å². The molecular weight excluding hydrogens is 327 g/mol. The zero-order valence-electron chi connectivity index (χ0n) is 11.9. The molecule has 3 N–H and O–H groups in total. The number of rotatable bonds is 6. The number of nitrogens with zero attached hydrogens (tertiary/aromatic N) is 2. The first-order chi connectivity index (χ1) is 10.5. The van der Waals surface area contributed by atoms with Gasteiger partial charge < -0.3 is 15.8 Å². The highest BCUT2D eigenvalue weighted by atomic mass is 35.5. The number of amides is 1. The summed E-state index contributed by atoms with van der Waals surface area (Å²) in [5.74, 6) is 0.188. The van der Waals surface area contributed by atoms with Crippen LogP contribution in [0.4, 0.5) is 5.82 Å². The van der Waals surface area contributed by atoms with Crippen LogP contribution in [-0.4, -0.2) is 35.4 Å². The van der Waals surface area contributed by atoms with Gasteiger partial charge in [0.1, 0.15) is 11.9 Å². The number of nitrogens with one attached hydrogen (secondary N) is 1. The molecule has 1 amide bonds. The molecule has 0 fully saturated rings. The zero-order chi connectivity index (χ0) is 16.1. The van der Waals surface area contributed by atoms with Crippen LogP contribution in [0.15, 0.2) is 30.5 Å². The van der Waals surface area contributed by atoms with Crippen molar-refractivity contribution in [2.75, 3.05) is 19.0 Å². The van der Waals surface area contributed by atoms with Gasteiger partial charge in [0.25, 0.3) is 0 Å². The molecule has 1 heterocycles. The van der Waals surface area contributed by atoms with Gasteiger partial charge in [0, 0.05) is 23.2 Å². The number of carbonyl (C=O) groups is 1. The minimum atomic E-state index is -0.743. The van der Waals surface area contributed by atoms with Crippen LogP contribution in [0.5, 0.6) is 0 Å². The fourth-order valence-electron chi connectivity index (χ4n) is 1.85. The number of halogens is 2. The number of ether oxygens (including phenoxy) is 1. The second-order valence-corrected chi connectivity index (χ2v) is 5.50. The maximum Gasteiger partial charge on any atom is 0.244 e. The van der Waals surface area contributed by atoms with Gasteiger partial charge in [-0.1, -0.05) is 29.3 Å². The smallest absolute Gasteiger partial charge is 0.244 e. The van der Waals surface area contributed by atoms with Crippen molar-refractivity contribution >= 4 is 34.9 Å². The topological polar surface area (TPSA) is 82.2 Å². The maximum absolute atomic E-state index is 11.9. The van der Waals surface area contributed by atoms with E-state index in [1.807, 2.05) is 6.07 Å². The molecule has 0 aliphatic carbocycles. The molecule has 0 bridgehead atoms. The van der Waals surface area contributed by atoms with Crippen LogP contribution in [0, 0.1) is 0 Å². The van der Waals surface area contributed by atoms with E-state index in [1.165, 1.54) is 7.11 Å². The molecular formula is C14H16Cl2N4O2. The zero-order valence-corrected chi connectivity index (χ0v) is 13.4. The maximum atomic E-state index is 11.9. The summed E-state index contributed by atoms with van der Waals surface area (Å²) in [6.45, 7) is 0.543. The van der Waals surface area contributed by atoms with Crippen LogP contribution in [0.1, 0.15) is 5.56 Å². The summed E-state index contributed by atoms with van der Waals surface area (Å²) in [6.07, 6.45) is 1.58. The molecule has 0 aliphatic rings. The second-order valence-electron chi connectivity index (χ2n) is 4.66. The third-order valence-electron chi connectivity index (χ3n) is 2.99. The van der Waals surface area contributed by atoms with Crippen molar-refractivity contribution in [3.8, 4) is 0 Å². The standard InChI is InChI=1S/C14H16Cl2N4O2/c1-22-8-12(17)14(21)19-13-4-5-18-20(13)7-9-2-3-10(15)6-11(9)16/h2-6,12H,7-8,17H2,1H3,(H,19,21). The molecule has 0 radical (unpaired) electrons. The highest BCUT2D eigenvalue weighted by Crippen LogP contribution is 2.22. The lowest BCUT2D eigenvalue weighted by atomic mass is 10.2. The Hall–Kier alpha value is -1.60. The van der Waals surface area contributed by atoms with E-state index < -0.39 is 6.04 Å². The van der Waals surface area contributed by atoms with Crippen molar-refractivity contribution in [3.63, 3.8) is 0 Å². The number of nitrogens with two attached hydrogens (primary N) is 1. The van der Waals surface area contributed by atoms with E-state index in [4.69, 9.17) is 33.7 Å². The molecule has 22 heavy (non-hydrogen) atoms. The minimum Gasteiger partial charge on any atom is -0.383 e. The Labute approximate surface area is 138 Å². The molecule has 0 saturated carbocycles. The van der Waals surface area contributed by atoms with Gasteiger partial charge in [0.05, 0.1) is 19.3 Å². The number of carbonyl (C=O) groups excluding carboxylic acids is 1. The molecule has 1 atom stereocenters. The normalized spacial score (nSPS) is 12.2. The van der Waals surface area contributed by atoms with Crippen molar-refractivity contribution in [3.05, 3.63) is 46.1 Å². The van der Waals surface area contributed by atoms with Gasteiger partial charge in [0.15, 0.2) is 0 Å². The molecule has 0 aliphatic heterocycles. The summed E-state index contributed by atoms with van der Waals surface area (Å²) >= 11 is 12.0. The van der Waals surface area contributed by atoms with Crippen LogP contribution in [-0.2, 0) is 16.1 Å². The average molecular weight is 343 g/mol. The Kier molecular flexibility index (Phi) is 5.79. The molecule has 2 aromatic rings. The van der Waals surface area contributed by atoms with Crippen molar-refractivity contribution < 1.29 is 9.53 Å². The van der Waals surface area contributed by atoms with Crippen LogP contribution >= 0.6 is 23.2 Å². The molecule has 0 saturated heterocycles. The van der Waals surface area contributed by atoms with E-state index in [2.05, 4.69) is 10.4 Å². The minimum absolute atomic E-state index is 0.142. The van der Waals surface area contributed by atoms with Crippen LogP contribution in [0.2, 0.25) is 10.0 Å². The lowest BCUT2D eigenvalue weighted by molar-refractivity contribution is -0.118. The monoisotopic (exact) mass is 342 g/mol. The summed E-state index contributed by atoms with van der Waals surface area (Å²) in [5, 5.41) is 7.99. The largest absolute Gasteiger partial charge is 0.383 e. The molecule has 1 aromatic heterocycles. The molecule has 8 heteroatoms. The highest BCUT2D eigenvalue weighted by molar-refractivity contribution is 6.35. The number of methoxy groups -OCH3 is 1. The third kappa shape index (κ3) is 4.20. The number of benzene rings is 1. The Balaban J connectivity index is 2.11. The fraction of sp³-hybridized carbons (Fsp3) is 0.286. The second kappa shape index (κ2) is 7.60. The summed E-state index contributed by atoms with van der Waals surface area (Å²) < 4.78 is 6.48. The van der Waals surface area contributed by atoms with Crippen molar-refractivity contribution in [2.24, 2.45) is 5.73 Å². The summed E-state index contributed by atoms with van der Waals surface area (Å²) in [7, 11) is 1.49. The number of aromatic nitrogens is 2. The summed E-state index contributed by atoms with van der Waals surface area (Å²) in [5.41, 5.74) is 6.52. The van der Waals surface area contributed by atoms with Crippen LogP contribution in [0.25, 0.3) is 0 Å². The molecule has 1 unspecified atom stereocenters. The Morgan fingerprint density at radius 3 is 2.91 bits per heavy atom. The number of hydrogen-bond donors (Lipinski definition) is 2. The van der Waals surface area contributed by atoms with Gasteiger partial charge in [-0.05, 0) is 17.7 Å². The average Bonchev–Trinajstić information content (AvgIpc) is 2.89.